The van der Waals surface area contributed by atoms with E-state index in [2.05, 4.69) is 6.58 Å². The maximum atomic E-state index is 8.17. The largest absolute Gasteiger partial charge is 0.407 e. The van der Waals surface area contributed by atoms with E-state index in [9.17, 15) is 0 Å². The first-order valence-corrected chi connectivity index (χ1v) is 14.4. The van der Waals surface area contributed by atoms with Crippen LogP contribution in [0.1, 0.15) is 96.3 Å². The Bertz CT molecular complexity index is 380. The molecule has 0 amide bonds. The molecule has 0 spiro atoms. The second-order valence-corrected chi connectivity index (χ2v) is 11.3. The first kappa shape index (κ1) is 25.6. The Morgan fingerprint density at radius 2 is 0.966 bits per heavy atom. The van der Waals surface area contributed by atoms with Crippen LogP contribution in [0, 0.1) is 0 Å². The number of allylic oxidation sites excluding steroid dienone is 1. The molecule has 0 saturated heterocycles. The van der Waals surface area contributed by atoms with Gasteiger partial charge in [0.2, 0.25) is 0 Å². The molecule has 0 aromatic carbocycles. The third-order valence-corrected chi connectivity index (χ3v) is 7.89. The van der Waals surface area contributed by atoms with E-state index >= 15 is 0 Å². The van der Waals surface area contributed by atoms with Gasteiger partial charge in [-0.15, -0.1) is 0 Å². The summed E-state index contributed by atoms with van der Waals surface area (Å²) >= 11 is 0. The molecule has 0 radical (unpaired) electrons. The van der Waals surface area contributed by atoms with Crippen LogP contribution in [-0.2, 0) is 13.6 Å². The number of rotatable bonds is 8. The summed E-state index contributed by atoms with van der Waals surface area (Å²) < 4.78 is 19.0. The molecule has 3 saturated carbocycles. The maximum Gasteiger partial charge on any atom is 0.407 e. The Balaban J connectivity index is 0.000000370. The molecule has 0 heterocycles. The van der Waals surface area contributed by atoms with Crippen LogP contribution >= 0.6 is 16.5 Å². The molecule has 3 aliphatic rings. The van der Waals surface area contributed by atoms with E-state index in [0.29, 0.717) is 18.3 Å². The Morgan fingerprint density at radius 3 is 1.17 bits per heavy atom. The minimum Gasteiger partial charge on any atom is -0.309 e. The fourth-order valence-electron chi connectivity index (χ4n) is 4.12. The minimum absolute atomic E-state index is 0.118. The van der Waals surface area contributed by atoms with Gasteiger partial charge in [0.25, 0.3) is 0 Å². The average molecular weight is 452 g/mol. The van der Waals surface area contributed by atoms with E-state index in [1.165, 1.54) is 102 Å². The highest BCUT2D eigenvalue weighted by Crippen LogP contribution is 2.49. The van der Waals surface area contributed by atoms with Crippen molar-refractivity contribution in [3.63, 3.8) is 0 Å². The summed E-state index contributed by atoms with van der Waals surface area (Å²) in [7, 11) is -4.66. The van der Waals surface area contributed by atoms with Crippen LogP contribution in [0.5, 0.6) is 0 Å². The molecule has 0 atom stereocenters. The van der Waals surface area contributed by atoms with Gasteiger partial charge >= 0.3 is 16.5 Å². The van der Waals surface area contributed by atoms with E-state index in [4.69, 9.17) is 28.3 Å². The molecule has 8 heteroatoms. The lowest BCUT2D eigenvalue weighted by atomic mass is 9.98. The van der Waals surface area contributed by atoms with Crippen molar-refractivity contribution >= 4 is 16.5 Å². The van der Waals surface area contributed by atoms with E-state index in [0.717, 1.165) is 0 Å². The van der Waals surface area contributed by atoms with E-state index in [1.807, 2.05) is 0 Å². The lowest BCUT2D eigenvalue weighted by Crippen LogP contribution is -2.22. The van der Waals surface area contributed by atoms with Gasteiger partial charge < -0.3 is 13.6 Å². The molecule has 0 bridgehead atoms. The molecule has 3 aliphatic carbocycles. The summed E-state index contributed by atoms with van der Waals surface area (Å²) in [6.07, 6.45) is 21.4. The van der Waals surface area contributed by atoms with Gasteiger partial charge in [0, 0.05) is 0 Å². The molecule has 0 aromatic heterocycles. The number of hydrogen-bond donors (Lipinski definition) is 3. The summed E-state index contributed by atoms with van der Waals surface area (Å²) in [4.78, 5) is 24.5. The normalized spacial score (nSPS) is 22.9. The summed E-state index contributed by atoms with van der Waals surface area (Å²) in [6.45, 7) is 3.19. The van der Waals surface area contributed by atoms with Crippen LogP contribution in [0.3, 0.4) is 0 Å². The van der Waals surface area contributed by atoms with Crippen molar-refractivity contribution in [2.75, 3.05) is 6.16 Å². The Hall–Kier alpha value is 0.360. The third-order valence-electron chi connectivity index (χ3n) is 5.74. The van der Waals surface area contributed by atoms with Crippen LogP contribution in [0.25, 0.3) is 0 Å². The zero-order valence-electron chi connectivity index (χ0n) is 17.8. The molecule has 6 nitrogen and oxygen atoms in total. The lowest BCUT2D eigenvalue weighted by molar-refractivity contribution is 0.0356. The topological polar surface area (TPSA) is 88.4 Å². The van der Waals surface area contributed by atoms with Crippen LogP contribution in [0.2, 0.25) is 0 Å². The smallest absolute Gasteiger partial charge is 0.309 e. The van der Waals surface area contributed by atoms with Crippen LogP contribution in [-0.4, -0.2) is 39.2 Å². The summed E-state index contributed by atoms with van der Waals surface area (Å²) in [5, 5.41) is 0. The molecule has 29 heavy (non-hydrogen) atoms. The van der Waals surface area contributed by atoms with Crippen molar-refractivity contribution < 1.29 is 28.3 Å². The lowest BCUT2D eigenvalue weighted by Gasteiger charge is -2.32. The Morgan fingerprint density at radius 1 is 0.655 bits per heavy atom. The predicted octanol–water partition coefficient (Wildman–Crippen LogP) is 6.17. The van der Waals surface area contributed by atoms with Gasteiger partial charge in [-0.1, -0.05) is 64.4 Å². The summed E-state index contributed by atoms with van der Waals surface area (Å²) in [5.41, 5.74) is 0. The van der Waals surface area contributed by atoms with Crippen molar-refractivity contribution in [2.24, 2.45) is 0 Å². The van der Waals surface area contributed by atoms with E-state index in [-0.39, 0.29) is 6.16 Å². The summed E-state index contributed by atoms with van der Waals surface area (Å²) in [5.74, 6) is 0. The fraction of sp³-hybridized carbons (Fsp3) is 0.905. The van der Waals surface area contributed by atoms with Gasteiger partial charge in [-0.25, -0.2) is 0 Å². The molecule has 3 rings (SSSR count). The molecular formula is C21H41O6P2+. The Labute approximate surface area is 178 Å². The maximum absolute atomic E-state index is 8.17. The zero-order valence-corrected chi connectivity index (χ0v) is 19.6. The fourth-order valence-corrected chi connectivity index (χ4v) is 5.98. The van der Waals surface area contributed by atoms with E-state index in [1.54, 1.807) is 0 Å². The van der Waals surface area contributed by atoms with Gasteiger partial charge in [0.1, 0.15) is 0 Å². The highest BCUT2D eigenvalue weighted by molar-refractivity contribution is 7.58. The minimum atomic E-state index is -3.53. The molecular weight excluding hydrogens is 410 g/mol. The molecule has 3 N–H and O–H groups in total. The summed E-state index contributed by atoms with van der Waals surface area (Å²) in [6, 6.07) is 0. The zero-order chi connectivity index (χ0) is 21.0. The second kappa shape index (κ2) is 14.4. The molecule has 0 aliphatic heterocycles. The van der Waals surface area contributed by atoms with Gasteiger partial charge in [-0.3, -0.25) is 0 Å². The van der Waals surface area contributed by atoms with E-state index < -0.39 is 16.5 Å². The van der Waals surface area contributed by atoms with Crippen molar-refractivity contribution in [1.29, 1.82) is 0 Å². The number of hydrogen-bond acceptors (Lipinski definition) is 6. The molecule has 170 valence electrons. The molecule has 3 fully saturated rings. The van der Waals surface area contributed by atoms with Crippen molar-refractivity contribution in [3.05, 3.63) is 12.7 Å². The standard InChI is InChI=1S/C18H33O3P.C3H8O3P/c1-4-10-16(11-5-1)19-22(20-17-12-6-2-7-13-17)21-18-14-8-3-9-15-18;1-2-3-7(4,5)6/h16-18H,1-15H2;2,4-6H,1,3H2/q;+1. The quantitative estimate of drug-likeness (QED) is 0.302. The average Bonchev–Trinajstić information content (AvgIpc) is 2.70. The van der Waals surface area contributed by atoms with Crippen molar-refractivity contribution in [3.8, 4) is 0 Å². The van der Waals surface area contributed by atoms with Crippen molar-refractivity contribution in [2.45, 2.75) is 115 Å². The van der Waals surface area contributed by atoms with Gasteiger partial charge in [-0.05, 0) is 44.6 Å². The third kappa shape index (κ3) is 12.1. The first-order valence-electron chi connectivity index (χ1n) is 11.4. The van der Waals surface area contributed by atoms with Gasteiger partial charge in [0.15, 0.2) is 6.16 Å². The predicted molar refractivity (Wildman–Crippen MR) is 119 cm³/mol. The molecule has 0 unspecified atom stereocenters. The van der Waals surface area contributed by atoms with Gasteiger partial charge in [0.05, 0.1) is 18.3 Å². The Kier molecular flexibility index (Phi) is 12.7. The highest BCUT2D eigenvalue weighted by Gasteiger charge is 2.29. The first-order chi connectivity index (χ1) is 14.0. The van der Waals surface area contributed by atoms with Crippen LogP contribution in [0.15, 0.2) is 12.7 Å². The SMILES string of the molecule is C1CCC(OP(OC2CCCCC2)OC2CCCCC2)CC1.C=CC[P+](O)(O)O. The van der Waals surface area contributed by atoms with Crippen LogP contribution < -0.4 is 0 Å². The highest BCUT2D eigenvalue weighted by atomic mass is 31.2. The second-order valence-electron chi connectivity index (χ2n) is 8.48. The monoisotopic (exact) mass is 451 g/mol. The van der Waals surface area contributed by atoms with Crippen LogP contribution in [0.4, 0.5) is 0 Å². The van der Waals surface area contributed by atoms with Gasteiger partial charge in [-0.2, -0.15) is 14.7 Å². The van der Waals surface area contributed by atoms with Crippen molar-refractivity contribution in [1.82, 2.24) is 0 Å². The molecule has 0 aromatic rings.